The summed E-state index contributed by atoms with van der Waals surface area (Å²) in [6, 6.07) is 11.5. The van der Waals surface area contributed by atoms with Crippen LogP contribution in [0.1, 0.15) is 48.2 Å². The Morgan fingerprint density at radius 3 is 2.94 bits per heavy atom. The maximum atomic E-state index is 13.5. The molecule has 4 aromatic rings. The first-order valence-corrected chi connectivity index (χ1v) is 12.4. The summed E-state index contributed by atoms with van der Waals surface area (Å²) >= 11 is 12.7. The van der Waals surface area contributed by atoms with Gasteiger partial charge in [0.1, 0.15) is 11.1 Å². The summed E-state index contributed by atoms with van der Waals surface area (Å²) in [5.41, 5.74) is 4.61. The predicted molar refractivity (Wildman–Crippen MR) is 129 cm³/mol. The van der Waals surface area contributed by atoms with Crippen LogP contribution in [0, 0.1) is 24.2 Å². The number of aryl methyl sites for hydroxylation is 1. The number of carbonyl (C=O) groups is 1. The Morgan fingerprint density at radius 2 is 2.09 bits per heavy atom. The van der Waals surface area contributed by atoms with Crippen molar-refractivity contribution in [3.8, 4) is 5.69 Å². The third-order valence-electron chi connectivity index (χ3n) is 8.25. The van der Waals surface area contributed by atoms with E-state index < -0.39 is 0 Å². The summed E-state index contributed by atoms with van der Waals surface area (Å²) < 4.78 is 7.92. The van der Waals surface area contributed by atoms with E-state index in [9.17, 15) is 4.79 Å². The number of fused-ring (bicyclic) bond motifs is 4. The first-order valence-electron chi connectivity index (χ1n) is 11.6. The van der Waals surface area contributed by atoms with Crippen LogP contribution < -0.4 is 5.32 Å². The highest BCUT2D eigenvalue weighted by Crippen LogP contribution is 2.70. The van der Waals surface area contributed by atoms with Crippen LogP contribution in [0.3, 0.4) is 0 Å². The molecule has 7 rings (SSSR count). The van der Waals surface area contributed by atoms with E-state index in [-0.39, 0.29) is 11.9 Å². The quantitative estimate of drug-likeness (QED) is 0.355. The van der Waals surface area contributed by atoms with Gasteiger partial charge in [0.05, 0.1) is 10.7 Å². The molecule has 3 aliphatic rings. The minimum absolute atomic E-state index is 0.180. The van der Waals surface area contributed by atoms with E-state index in [1.807, 2.05) is 31.2 Å². The van der Waals surface area contributed by atoms with Crippen LogP contribution in [-0.2, 0) is 0 Å². The van der Waals surface area contributed by atoms with Gasteiger partial charge in [0.2, 0.25) is 0 Å². The smallest absolute Gasteiger partial charge is 0.275 e. The lowest BCUT2D eigenvalue weighted by Gasteiger charge is -2.32. The fraction of sp³-hybridized carbons (Fsp3) is 0.385. The average Bonchev–Trinajstić information content (AvgIpc) is 3.07. The maximum absolute atomic E-state index is 13.5. The Hall–Kier alpha value is -2.50. The second-order valence-corrected chi connectivity index (χ2v) is 11.1. The normalized spacial score (nSPS) is 27.8. The predicted octanol–water partition coefficient (Wildman–Crippen LogP) is 6.70. The molecular formula is C26H23Cl2N3O2. The molecule has 0 radical (unpaired) electrons. The van der Waals surface area contributed by atoms with Crippen molar-refractivity contribution < 1.29 is 9.21 Å². The van der Waals surface area contributed by atoms with Crippen molar-refractivity contribution in [3.05, 3.63) is 57.7 Å². The second kappa shape index (κ2) is 6.77. The van der Waals surface area contributed by atoms with Crippen molar-refractivity contribution in [2.24, 2.45) is 17.3 Å². The molecule has 2 aromatic carbocycles. The molecule has 0 aliphatic heterocycles. The molecule has 7 heteroatoms. The highest BCUT2D eigenvalue weighted by molar-refractivity contribution is 6.35. The van der Waals surface area contributed by atoms with E-state index in [4.69, 9.17) is 32.7 Å². The Kier molecular flexibility index (Phi) is 4.09. The first kappa shape index (κ1) is 19.9. The number of benzene rings is 2. The summed E-state index contributed by atoms with van der Waals surface area (Å²) in [4.78, 5) is 13.5. The Morgan fingerprint density at radius 1 is 1.21 bits per heavy atom. The molecule has 168 valence electrons. The number of nitrogens with one attached hydrogen (secondary N) is 1. The van der Waals surface area contributed by atoms with E-state index in [2.05, 4.69) is 5.32 Å². The number of halogens is 2. The molecule has 2 bridgehead atoms. The van der Waals surface area contributed by atoms with Crippen molar-refractivity contribution in [2.75, 3.05) is 0 Å². The minimum Gasteiger partial charge on any atom is -0.452 e. The van der Waals surface area contributed by atoms with Gasteiger partial charge in [-0.15, -0.1) is 0 Å². The highest BCUT2D eigenvalue weighted by atomic mass is 35.5. The molecule has 1 spiro atoms. The van der Waals surface area contributed by atoms with Gasteiger partial charge in [-0.3, -0.25) is 4.79 Å². The minimum atomic E-state index is -0.180. The molecule has 2 heterocycles. The monoisotopic (exact) mass is 479 g/mol. The lowest BCUT2D eigenvalue weighted by atomic mass is 9.80. The zero-order valence-electron chi connectivity index (χ0n) is 18.2. The summed E-state index contributed by atoms with van der Waals surface area (Å²) in [7, 11) is 0. The van der Waals surface area contributed by atoms with Gasteiger partial charge in [-0.1, -0.05) is 29.3 Å². The van der Waals surface area contributed by atoms with Gasteiger partial charge in [0.15, 0.2) is 11.3 Å². The van der Waals surface area contributed by atoms with Crippen molar-refractivity contribution in [1.29, 1.82) is 0 Å². The molecule has 3 saturated carbocycles. The fourth-order valence-electron chi connectivity index (χ4n) is 6.54. The van der Waals surface area contributed by atoms with Gasteiger partial charge in [0, 0.05) is 16.5 Å². The summed E-state index contributed by atoms with van der Waals surface area (Å²) in [6.45, 7) is 2.02. The van der Waals surface area contributed by atoms with Gasteiger partial charge < -0.3 is 9.73 Å². The van der Waals surface area contributed by atoms with Crippen LogP contribution >= 0.6 is 23.2 Å². The van der Waals surface area contributed by atoms with Gasteiger partial charge in [-0.25, -0.2) is 4.68 Å². The van der Waals surface area contributed by atoms with E-state index in [1.165, 1.54) is 25.7 Å². The van der Waals surface area contributed by atoms with E-state index in [1.54, 1.807) is 16.8 Å². The van der Waals surface area contributed by atoms with Crippen LogP contribution in [0.2, 0.25) is 10.0 Å². The zero-order valence-corrected chi connectivity index (χ0v) is 19.7. The topological polar surface area (TPSA) is 60.1 Å². The molecule has 1 amide bonds. The lowest BCUT2D eigenvalue weighted by Crippen LogP contribution is -2.42. The van der Waals surface area contributed by atoms with Crippen LogP contribution in [-0.4, -0.2) is 21.7 Å². The largest absolute Gasteiger partial charge is 0.452 e. The second-order valence-electron chi connectivity index (χ2n) is 10.2. The molecule has 3 aliphatic carbocycles. The molecule has 4 unspecified atom stereocenters. The Labute approximate surface area is 201 Å². The third-order valence-corrected chi connectivity index (χ3v) is 8.79. The van der Waals surface area contributed by atoms with Gasteiger partial charge in [-0.2, -0.15) is 5.10 Å². The number of nitrogens with zero attached hydrogens (tertiary/aromatic N) is 2. The van der Waals surface area contributed by atoms with Gasteiger partial charge in [-0.05, 0) is 92.2 Å². The molecule has 33 heavy (non-hydrogen) atoms. The Bertz CT molecular complexity index is 1470. The van der Waals surface area contributed by atoms with Crippen molar-refractivity contribution in [2.45, 2.75) is 45.1 Å². The van der Waals surface area contributed by atoms with Crippen LogP contribution in [0.25, 0.3) is 27.8 Å². The number of carbonyl (C=O) groups excluding carboxylic acids is 1. The number of hydrogen-bond acceptors (Lipinski definition) is 3. The highest BCUT2D eigenvalue weighted by Gasteiger charge is 2.63. The summed E-state index contributed by atoms with van der Waals surface area (Å²) in [5, 5.41) is 9.92. The van der Waals surface area contributed by atoms with Crippen molar-refractivity contribution >= 4 is 51.2 Å². The van der Waals surface area contributed by atoms with Crippen LogP contribution in [0.5, 0.6) is 0 Å². The van der Waals surface area contributed by atoms with Crippen molar-refractivity contribution in [1.82, 2.24) is 15.1 Å². The standard InChI is InChI=1S/C26H23Cl2N3O2/c1-13-2-4-17-21(8-13)33-24-22(30-31(23(17)24)20-5-3-16(27)10-18(20)28)25(32)29-19-6-7-26-11-14(19)9-15(26)12-26/h2-5,8,10,14-15,19H,6-7,9,11-12H2,1H3,(H,29,32). The van der Waals surface area contributed by atoms with Gasteiger partial charge >= 0.3 is 0 Å². The maximum Gasteiger partial charge on any atom is 0.275 e. The molecular weight excluding hydrogens is 457 g/mol. The lowest BCUT2D eigenvalue weighted by molar-refractivity contribution is 0.0894. The zero-order chi connectivity index (χ0) is 22.5. The number of amides is 1. The number of rotatable bonds is 3. The van der Waals surface area contributed by atoms with E-state index in [0.29, 0.717) is 38.3 Å². The van der Waals surface area contributed by atoms with E-state index >= 15 is 0 Å². The molecule has 4 atom stereocenters. The fourth-order valence-corrected chi connectivity index (χ4v) is 7.03. The molecule has 2 aromatic heterocycles. The number of aromatic nitrogens is 2. The SMILES string of the molecule is Cc1ccc2c(c1)oc1c(C(=O)NC3CCC45CC3CC4C5)nn(-c3ccc(Cl)cc3Cl)c12. The Balaban J connectivity index is 1.34. The van der Waals surface area contributed by atoms with Crippen LogP contribution in [0.15, 0.2) is 40.8 Å². The van der Waals surface area contributed by atoms with Gasteiger partial charge in [0.25, 0.3) is 5.91 Å². The van der Waals surface area contributed by atoms with Crippen LogP contribution in [0.4, 0.5) is 0 Å². The summed E-state index contributed by atoms with van der Waals surface area (Å²) in [6.07, 6.45) is 6.19. The van der Waals surface area contributed by atoms with E-state index in [0.717, 1.165) is 34.4 Å². The van der Waals surface area contributed by atoms with Crippen molar-refractivity contribution in [3.63, 3.8) is 0 Å². The molecule has 1 N–H and O–H groups in total. The third kappa shape index (κ3) is 2.91. The number of hydrogen-bond donors (Lipinski definition) is 1. The molecule has 0 saturated heterocycles. The number of furan rings is 1. The summed E-state index contributed by atoms with van der Waals surface area (Å²) in [5.74, 6) is 1.30. The molecule has 5 nitrogen and oxygen atoms in total. The molecule has 3 fully saturated rings. The first-order chi connectivity index (χ1) is 15.9. The average molecular weight is 480 g/mol.